The Hall–Kier alpha value is -1.11. The van der Waals surface area contributed by atoms with Crippen LogP contribution < -0.4 is 10.1 Å². The second-order valence-electron chi connectivity index (χ2n) is 3.78. The number of aromatic nitrogens is 1. The second kappa shape index (κ2) is 6.56. The Balaban J connectivity index is 2.31. The molecule has 1 aromatic carbocycles. The van der Waals surface area contributed by atoms with Gasteiger partial charge >= 0.3 is 0 Å². The van der Waals surface area contributed by atoms with Gasteiger partial charge < -0.3 is 10.1 Å². The number of amides is 1. The van der Waals surface area contributed by atoms with Crippen LogP contribution in [0.2, 0.25) is 5.02 Å². The summed E-state index contributed by atoms with van der Waals surface area (Å²) in [5, 5.41) is 3.07. The van der Waals surface area contributed by atoms with Crippen molar-refractivity contribution in [3.05, 3.63) is 50.1 Å². The molecule has 0 unspecified atom stereocenters. The maximum atomic E-state index is 12.2. The van der Waals surface area contributed by atoms with E-state index in [1.807, 2.05) is 0 Å². The zero-order valence-corrected chi connectivity index (χ0v) is 14.2. The number of benzene rings is 1. The van der Waals surface area contributed by atoms with Crippen LogP contribution in [0.15, 0.2) is 39.5 Å². The van der Waals surface area contributed by atoms with Crippen LogP contribution in [-0.4, -0.2) is 18.0 Å². The van der Waals surface area contributed by atoms with Crippen LogP contribution in [0.5, 0.6) is 5.75 Å². The fourth-order valence-corrected chi connectivity index (χ4v) is 2.99. The first-order valence-electron chi connectivity index (χ1n) is 5.47. The molecule has 104 valence electrons. The molecule has 2 aromatic rings. The summed E-state index contributed by atoms with van der Waals surface area (Å²) in [6.45, 7) is 0. The maximum Gasteiger partial charge on any atom is 0.257 e. The van der Waals surface area contributed by atoms with E-state index in [1.165, 1.54) is 12.4 Å². The van der Waals surface area contributed by atoms with Crippen molar-refractivity contribution in [2.24, 2.45) is 0 Å². The van der Waals surface area contributed by atoms with Crippen molar-refractivity contribution in [2.45, 2.75) is 0 Å². The number of halogens is 3. The average molecular weight is 420 g/mol. The molecule has 0 saturated carbocycles. The van der Waals surface area contributed by atoms with Gasteiger partial charge in [-0.3, -0.25) is 9.78 Å². The lowest BCUT2D eigenvalue weighted by atomic mass is 10.2. The minimum Gasteiger partial charge on any atom is -0.495 e. The molecule has 0 aliphatic heterocycles. The van der Waals surface area contributed by atoms with Gasteiger partial charge in [0.2, 0.25) is 0 Å². The van der Waals surface area contributed by atoms with E-state index in [0.29, 0.717) is 22.0 Å². The lowest BCUT2D eigenvalue weighted by Crippen LogP contribution is -2.13. The van der Waals surface area contributed by atoms with Crippen molar-refractivity contribution < 1.29 is 9.53 Å². The van der Waals surface area contributed by atoms with Crippen molar-refractivity contribution >= 4 is 55.1 Å². The van der Waals surface area contributed by atoms with E-state index < -0.39 is 0 Å². The van der Waals surface area contributed by atoms with Gasteiger partial charge in [-0.15, -0.1) is 0 Å². The normalized spacial score (nSPS) is 10.2. The van der Waals surface area contributed by atoms with Crippen LogP contribution in [0.1, 0.15) is 10.4 Å². The number of nitrogens with one attached hydrogen (secondary N) is 1. The van der Waals surface area contributed by atoms with Crippen LogP contribution in [0.25, 0.3) is 0 Å². The predicted octanol–water partition coefficient (Wildman–Crippen LogP) is 4.52. The molecular weight excluding hydrogens is 411 g/mol. The van der Waals surface area contributed by atoms with Crippen LogP contribution in [0.3, 0.4) is 0 Å². The van der Waals surface area contributed by atoms with Crippen molar-refractivity contribution in [3.8, 4) is 5.75 Å². The molecule has 0 spiro atoms. The number of carbonyl (C=O) groups excluding carboxylic acids is 1. The summed E-state index contributed by atoms with van der Waals surface area (Å²) in [4.78, 5) is 16.0. The highest BCUT2D eigenvalue weighted by Crippen LogP contribution is 2.34. The van der Waals surface area contributed by atoms with Gasteiger partial charge in [-0.25, -0.2) is 0 Å². The number of anilines is 1. The molecule has 4 nitrogen and oxygen atoms in total. The summed E-state index contributed by atoms with van der Waals surface area (Å²) in [7, 11) is 1.55. The minimum absolute atomic E-state index is 0.296. The molecule has 1 heterocycles. The zero-order valence-electron chi connectivity index (χ0n) is 10.3. The number of carbonyl (C=O) groups is 1. The molecule has 0 bridgehead atoms. The van der Waals surface area contributed by atoms with Crippen molar-refractivity contribution in [1.82, 2.24) is 4.98 Å². The van der Waals surface area contributed by atoms with E-state index in [2.05, 4.69) is 42.2 Å². The fraction of sp³-hybridized carbons (Fsp3) is 0.0769. The number of hydrogen-bond donors (Lipinski definition) is 1. The van der Waals surface area contributed by atoms with Crippen LogP contribution in [0.4, 0.5) is 5.69 Å². The molecule has 0 radical (unpaired) electrons. The first-order chi connectivity index (χ1) is 9.52. The van der Waals surface area contributed by atoms with Crippen molar-refractivity contribution in [3.63, 3.8) is 0 Å². The van der Waals surface area contributed by atoms with E-state index in [0.717, 1.165) is 8.95 Å². The number of hydrogen-bond acceptors (Lipinski definition) is 3. The smallest absolute Gasteiger partial charge is 0.257 e. The van der Waals surface area contributed by atoms with Gasteiger partial charge in [0.25, 0.3) is 5.91 Å². The maximum absolute atomic E-state index is 12.2. The van der Waals surface area contributed by atoms with E-state index >= 15 is 0 Å². The van der Waals surface area contributed by atoms with Gasteiger partial charge in [0.15, 0.2) is 0 Å². The Kier molecular flexibility index (Phi) is 5.01. The summed E-state index contributed by atoms with van der Waals surface area (Å²) in [5.74, 6) is 0.298. The molecule has 20 heavy (non-hydrogen) atoms. The van der Waals surface area contributed by atoms with Crippen molar-refractivity contribution in [1.29, 1.82) is 0 Å². The van der Waals surface area contributed by atoms with Gasteiger partial charge in [-0.05, 0) is 44.0 Å². The molecule has 0 fully saturated rings. The van der Waals surface area contributed by atoms with Gasteiger partial charge in [0.1, 0.15) is 5.75 Å². The monoisotopic (exact) mass is 418 g/mol. The molecule has 0 saturated heterocycles. The predicted molar refractivity (Wildman–Crippen MR) is 85.6 cm³/mol. The highest BCUT2D eigenvalue weighted by molar-refractivity contribution is 9.11. The third kappa shape index (κ3) is 3.31. The molecule has 1 amide bonds. The third-order valence-corrected chi connectivity index (χ3v) is 4.08. The number of methoxy groups -OCH3 is 1. The highest BCUT2D eigenvalue weighted by Gasteiger charge is 2.13. The van der Waals surface area contributed by atoms with Gasteiger partial charge in [0.05, 0.1) is 27.9 Å². The summed E-state index contributed by atoms with van der Waals surface area (Å²) in [6, 6.07) is 5.06. The minimum atomic E-state index is -0.317. The molecule has 0 atom stereocenters. The summed E-state index contributed by atoms with van der Waals surface area (Å²) >= 11 is 12.7. The SMILES string of the molecule is COc1cc(NC(=O)c2ccncc2Cl)c(Br)cc1Br. The Labute approximate surface area is 137 Å². The quantitative estimate of drug-likeness (QED) is 0.794. The molecule has 1 aromatic heterocycles. The van der Waals surface area contributed by atoms with E-state index in [1.54, 1.807) is 25.3 Å². The summed E-state index contributed by atoms with van der Waals surface area (Å²) in [6.07, 6.45) is 2.94. The van der Waals surface area contributed by atoms with Crippen LogP contribution in [0, 0.1) is 0 Å². The Morgan fingerprint density at radius 1 is 1.35 bits per heavy atom. The van der Waals surface area contributed by atoms with Gasteiger partial charge in [-0.2, -0.15) is 0 Å². The molecule has 0 aliphatic carbocycles. The van der Waals surface area contributed by atoms with E-state index in [4.69, 9.17) is 16.3 Å². The van der Waals surface area contributed by atoms with E-state index in [-0.39, 0.29) is 5.91 Å². The average Bonchev–Trinajstić information content (AvgIpc) is 2.42. The lowest BCUT2D eigenvalue weighted by Gasteiger charge is -2.11. The molecular formula is C13H9Br2ClN2O2. The molecule has 1 N–H and O–H groups in total. The Bertz CT molecular complexity index is 665. The zero-order chi connectivity index (χ0) is 14.7. The fourth-order valence-electron chi connectivity index (χ4n) is 1.53. The highest BCUT2D eigenvalue weighted by atomic mass is 79.9. The summed E-state index contributed by atoms with van der Waals surface area (Å²) in [5.41, 5.74) is 0.943. The van der Waals surface area contributed by atoms with Gasteiger partial charge in [0, 0.05) is 22.9 Å². The molecule has 0 aliphatic rings. The van der Waals surface area contributed by atoms with Crippen LogP contribution >= 0.6 is 43.5 Å². The van der Waals surface area contributed by atoms with E-state index in [9.17, 15) is 4.79 Å². The first-order valence-corrected chi connectivity index (χ1v) is 7.43. The number of nitrogens with zero attached hydrogens (tertiary/aromatic N) is 1. The summed E-state index contributed by atoms with van der Waals surface area (Å²) < 4.78 is 6.71. The third-order valence-electron chi connectivity index (χ3n) is 2.51. The molecule has 7 heteroatoms. The van der Waals surface area contributed by atoms with Crippen molar-refractivity contribution in [2.75, 3.05) is 12.4 Å². The number of rotatable bonds is 3. The van der Waals surface area contributed by atoms with Crippen LogP contribution in [-0.2, 0) is 0 Å². The number of ether oxygens (including phenoxy) is 1. The topological polar surface area (TPSA) is 51.2 Å². The largest absolute Gasteiger partial charge is 0.495 e. The van der Waals surface area contributed by atoms with Gasteiger partial charge in [-0.1, -0.05) is 11.6 Å². The molecule has 2 rings (SSSR count). The lowest BCUT2D eigenvalue weighted by molar-refractivity contribution is 0.102. The first kappa shape index (κ1) is 15.3. The second-order valence-corrected chi connectivity index (χ2v) is 5.89. The standard InChI is InChI=1S/C13H9Br2ClN2O2/c1-20-12-5-11(8(14)4-9(12)15)18-13(19)7-2-3-17-6-10(7)16/h2-6H,1H3,(H,18,19). The Morgan fingerprint density at radius 2 is 2.10 bits per heavy atom. The Morgan fingerprint density at radius 3 is 2.75 bits per heavy atom. The number of pyridine rings is 1.